The Bertz CT molecular complexity index is 815. The van der Waals surface area contributed by atoms with Gasteiger partial charge in [-0.05, 0) is 12.1 Å². The monoisotopic (exact) mass is 371 g/mol. The number of piperidine rings is 1. The number of ether oxygens (including phenoxy) is 3. The van der Waals surface area contributed by atoms with Crippen molar-refractivity contribution in [1.29, 1.82) is 0 Å². The van der Waals surface area contributed by atoms with Crippen LogP contribution in [0.15, 0.2) is 30.5 Å². The van der Waals surface area contributed by atoms with Gasteiger partial charge in [0.05, 0.1) is 37.8 Å². The zero-order valence-electron chi connectivity index (χ0n) is 15.1. The minimum Gasteiger partial charge on any atom is -0.465 e. The number of hydrogen-bond acceptors (Lipinski definition) is 9. The molecule has 1 spiro atoms. The second-order valence-electron chi connectivity index (χ2n) is 6.40. The first-order valence-electron chi connectivity index (χ1n) is 8.86. The fourth-order valence-corrected chi connectivity index (χ4v) is 3.34. The zero-order chi connectivity index (χ0) is 18.7. The number of hydrogen-bond donors (Lipinski definition) is 1. The second kappa shape index (κ2) is 7.45. The third-order valence-electron chi connectivity index (χ3n) is 4.76. The number of para-hydroxylation sites is 1. The summed E-state index contributed by atoms with van der Waals surface area (Å²) in [6.07, 6.45) is 3.05. The van der Waals surface area contributed by atoms with E-state index in [0.29, 0.717) is 36.2 Å². The predicted octanol–water partition coefficient (Wildman–Crippen LogP) is 1.75. The Morgan fingerprint density at radius 2 is 1.96 bits per heavy atom. The zero-order valence-corrected chi connectivity index (χ0v) is 15.1. The van der Waals surface area contributed by atoms with Gasteiger partial charge in [0.25, 0.3) is 0 Å². The maximum Gasteiger partial charge on any atom is 0.339 e. The maximum absolute atomic E-state index is 11.9. The molecule has 2 aromatic rings. The van der Waals surface area contributed by atoms with Crippen LogP contribution in [0.1, 0.15) is 23.2 Å². The lowest BCUT2D eigenvalue weighted by atomic mass is 10.0. The highest BCUT2D eigenvalue weighted by Gasteiger charge is 2.40. The van der Waals surface area contributed by atoms with E-state index < -0.39 is 11.8 Å². The van der Waals surface area contributed by atoms with E-state index in [2.05, 4.69) is 25.4 Å². The van der Waals surface area contributed by atoms with Crippen LogP contribution in [0.4, 0.5) is 17.5 Å². The average Bonchev–Trinajstić information content (AvgIpc) is 3.16. The van der Waals surface area contributed by atoms with Crippen molar-refractivity contribution in [3.05, 3.63) is 36.0 Å². The fraction of sp³-hybridized carbons (Fsp3) is 0.444. The first kappa shape index (κ1) is 17.6. The van der Waals surface area contributed by atoms with Crippen molar-refractivity contribution in [2.45, 2.75) is 18.6 Å². The van der Waals surface area contributed by atoms with E-state index in [9.17, 15) is 4.79 Å². The standard InChI is InChI=1S/C18H21N5O4/c1-25-16(24)13-4-2-3-5-14(13)20-15-12-19-22-17(21-15)23-8-6-18(7-9-23)26-10-11-27-18/h2-5,12H,6-11H2,1H3,(H,20,21,22). The number of carbonyl (C=O) groups is 1. The van der Waals surface area contributed by atoms with Crippen molar-refractivity contribution in [2.24, 2.45) is 0 Å². The lowest BCUT2D eigenvalue weighted by Crippen LogP contribution is -2.45. The third kappa shape index (κ3) is 3.69. The number of anilines is 3. The summed E-state index contributed by atoms with van der Waals surface area (Å²) < 4.78 is 16.3. The van der Waals surface area contributed by atoms with Crippen molar-refractivity contribution < 1.29 is 19.0 Å². The molecule has 142 valence electrons. The first-order chi connectivity index (χ1) is 13.2. The van der Waals surface area contributed by atoms with Crippen molar-refractivity contribution in [2.75, 3.05) is 43.6 Å². The summed E-state index contributed by atoms with van der Waals surface area (Å²) >= 11 is 0. The molecule has 0 bridgehead atoms. The Hall–Kier alpha value is -2.78. The van der Waals surface area contributed by atoms with Crippen molar-refractivity contribution in [3.8, 4) is 0 Å². The van der Waals surface area contributed by atoms with Gasteiger partial charge in [-0.1, -0.05) is 12.1 Å². The molecule has 27 heavy (non-hydrogen) atoms. The van der Waals surface area contributed by atoms with Gasteiger partial charge in [-0.2, -0.15) is 10.1 Å². The van der Waals surface area contributed by atoms with Gasteiger partial charge in [-0.3, -0.25) is 0 Å². The summed E-state index contributed by atoms with van der Waals surface area (Å²) in [7, 11) is 1.35. The summed E-state index contributed by atoms with van der Waals surface area (Å²) in [6, 6.07) is 7.08. The molecular weight excluding hydrogens is 350 g/mol. The normalized spacial score (nSPS) is 18.5. The van der Waals surface area contributed by atoms with Gasteiger partial charge < -0.3 is 24.4 Å². The molecule has 2 aliphatic heterocycles. The van der Waals surface area contributed by atoms with Crippen LogP contribution in [-0.4, -0.2) is 60.4 Å². The summed E-state index contributed by atoms with van der Waals surface area (Å²) in [5.41, 5.74) is 1.02. The molecule has 2 aliphatic rings. The van der Waals surface area contributed by atoms with Gasteiger partial charge >= 0.3 is 5.97 Å². The lowest BCUT2D eigenvalue weighted by Gasteiger charge is -2.37. The minimum atomic E-state index is -0.445. The molecule has 4 rings (SSSR count). The SMILES string of the molecule is COC(=O)c1ccccc1Nc1cnnc(N2CCC3(CC2)OCCO3)n1. The van der Waals surface area contributed by atoms with Crippen LogP contribution in [0.25, 0.3) is 0 Å². The summed E-state index contributed by atoms with van der Waals surface area (Å²) in [4.78, 5) is 18.5. The van der Waals surface area contributed by atoms with Gasteiger partial charge in [-0.15, -0.1) is 5.10 Å². The first-order valence-corrected chi connectivity index (χ1v) is 8.86. The molecule has 0 amide bonds. The molecular formula is C18H21N5O4. The minimum absolute atomic E-state index is 0.418. The van der Waals surface area contributed by atoms with Crippen LogP contribution in [0.3, 0.4) is 0 Å². The highest BCUT2D eigenvalue weighted by atomic mass is 16.7. The number of esters is 1. The Labute approximate surface area is 156 Å². The van der Waals surface area contributed by atoms with Crippen LogP contribution < -0.4 is 10.2 Å². The van der Waals surface area contributed by atoms with Crippen LogP contribution in [-0.2, 0) is 14.2 Å². The Kier molecular flexibility index (Phi) is 4.87. The topological polar surface area (TPSA) is 98.7 Å². The number of carbonyl (C=O) groups excluding carboxylic acids is 1. The number of methoxy groups -OCH3 is 1. The number of nitrogens with one attached hydrogen (secondary N) is 1. The van der Waals surface area contributed by atoms with E-state index in [1.165, 1.54) is 13.3 Å². The van der Waals surface area contributed by atoms with Gasteiger partial charge in [0.2, 0.25) is 5.95 Å². The van der Waals surface area contributed by atoms with Gasteiger partial charge in [-0.25, -0.2) is 4.79 Å². The molecule has 0 aliphatic carbocycles. The molecule has 0 saturated carbocycles. The lowest BCUT2D eigenvalue weighted by molar-refractivity contribution is -0.169. The summed E-state index contributed by atoms with van der Waals surface area (Å²) in [6.45, 7) is 2.75. The Balaban J connectivity index is 1.48. The van der Waals surface area contributed by atoms with Crippen molar-refractivity contribution in [3.63, 3.8) is 0 Å². The van der Waals surface area contributed by atoms with Gasteiger partial charge in [0, 0.05) is 25.9 Å². The van der Waals surface area contributed by atoms with E-state index in [1.807, 2.05) is 6.07 Å². The largest absolute Gasteiger partial charge is 0.465 e. The third-order valence-corrected chi connectivity index (χ3v) is 4.76. The number of benzene rings is 1. The van der Waals surface area contributed by atoms with E-state index in [1.54, 1.807) is 18.2 Å². The number of rotatable bonds is 4. The van der Waals surface area contributed by atoms with Crippen LogP contribution in [0.5, 0.6) is 0 Å². The maximum atomic E-state index is 11.9. The Morgan fingerprint density at radius 3 is 2.70 bits per heavy atom. The van der Waals surface area contributed by atoms with Crippen molar-refractivity contribution in [1.82, 2.24) is 15.2 Å². The number of nitrogens with zero attached hydrogens (tertiary/aromatic N) is 4. The predicted molar refractivity (Wildman–Crippen MR) is 97.0 cm³/mol. The second-order valence-corrected chi connectivity index (χ2v) is 6.40. The average molecular weight is 371 g/mol. The van der Waals surface area contributed by atoms with Crippen LogP contribution in [0.2, 0.25) is 0 Å². The molecule has 0 atom stereocenters. The molecule has 1 N–H and O–H groups in total. The Morgan fingerprint density at radius 1 is 1.22 bits per heavy atom. The molecule has 3 heterocycles. The van der Waals surface area contributed by atoms with Crippen LogP contribution in [0, 0.1) is 0 Å². The fourth-order valence-electron chi connectivity index (χ4n) is 3.34. The van der Waals surface area contributed by atoms with Crippen LogP contribution >= 0.6 is 0 Å². The van der Waals surface area contributed by atoms with Gasteiger partial charge in [0.15, 0.2) is 11.6 Å². The highest BCUT2D eigenvalue weighted by Crippen LogP contribution is 2.32. The quantitative estimate of drug-likeness (QED) is 0.806. The molecule has 2 fully saturated rings. The molecule has 0 unspecified atom stereocenters. The molecule has 0 radical (unpaired) electrons. The van der Waals surface area contributed by atoms with E-state index in [-0.39, 0.29) is 0 Å². The van der Waals surface area contributed by atoms with Gasteiger partial charge in [0.1, 0.15) is 0 Å². The molecule has 9 nitrogen and oxygen atoms in total. The number of aromatic nitrogens is 3. The molecule has 1 aromatic carbocycles. The molecule has 1 aromatic heterocycles. The van der Waals surface area contributed by atoms with E-state index in [4.69, 9.17) is 14.2 Å². The summed E-state index contributed by atoms with van der Waals surface area (Å²) in [5, 5.41) is 11.3. The smallest absolute Gasteiger partial charge is 0.339 e. The van der Waals surface area contributed by atoms with E-state index in [0.717, 1.165) is 25.9 Å². The van der Waals surface area contributed by atoms with E-state index >= 15 is 0 Å². The highest BCUT2D eigenvalue weighted by molar-refractivity contribution is 5.96. The molecule has 9 heteroatoms. The van der Waals surface area contributed by atoms with Crippen molar-refractivity contribution >= 4 is 23.4 Å². The summed E-state index contributed by atoms with van der Waals surface area (Å²) in [5.74, 6) is 0.172. The molecule has 2 saturated heterocycles.